The van der Waals surface area contributed by atoms with Crippen molar-refractivity contribution in [1.29, 1.82) is 0 Å². The Kier molecular flexibility index (Phi) is 2.37. The molecule has 0 atom stereocenters. The minimum Gasteiger partial charge on any atom is -0.362 e. The number of aryl methyl sites for hydroxylation is 1. The van der Waals surface area contributed by atoms with Gasteiger partial charge in [0.25, 0.3) is 0 Å². The molecule has 1 aliphatic rings. The van der Waals surface area contributed by atoms with Crippen LogP contribution in [-0.4, -0.2) is 30.6 Å². The van der Waals surface area contributed by atoms with E-state index in [0.29, 0.717) is 0 Å². The Morgan fingerprint density at radius 3 is 2.79 bits per heavy atom. The molecule has 2 rings (SSSR count). The van der Waals surface area contributed by atoms with Crippen LogP contribution in [-0.2, 0) is 13.0 Å². The van der Waals surface area contributed by atoms with Crippen LogP contribution < -0.4 is 10.2 Å². The lowest BCUT2D eigenvalue weighted by molar-refractivity contribution is 0.619. The van der Waals surface area contributed by atoms with Gasteiger partial charge in [0, 0.05) is 26.2 Å². The molecule has 0 radical (unpaired) electrons. The zero-order valence-electron chi connectivity index (χ0n) is 8.96. The Balaban J connectivity index is 2.52. The van der Waals surface area contributed by atoms with Gasteiger partial charge in [-0.1, -0.05) is 0 Å². The molecule has 0 unspecified atom stereocenters. The lowest BCUT2D eigenvalue weighted by Crippen LogP contribution is -2.28. The molecule has 1 aromatic heterocycles. The molecule has 0 aromatic carbocycles. The van der Waals surface area contributed by atoms with Crippen molar-refractivity contribution in [2.75, 3.05) is 25.5 Å². The summed E-state index contributed by atoms with van der Waals surface area (Å²) < 4.78 is 0. The van der Waals surface area contributed by atoms with Gasteiger partial charge >= 0.3 is 0 Å². The predicted octanol–water partition coefficient (Wildman–Crippen LogP) is 0.497. The molecule has 1 N–H and O–H groups in total. The van der Waals surface area contributed by atoms with Crippen molar-refractivity contribution in [3.63, 3.8) is 0 Å². The monoisotopic (exact) mass is 192 g/mol. The van der Waals surface area contributed by atoms with Crippen LogP contribution in [0.5, 0.6) is 0 Å². The van der Waals surface area contributed by atoms with E-state index in [0.717, 1.165) is 36.8 Å². The van der Waals surface area contributed by atoms with Crippen molar-refractivity contribution in [3.05, 3.63) is 17.1 Å². The SMILES string of the molecule is Cc1nc2c(c(N(C)C)n1)CCNC2. The first-order valence-electron chi connectivity index (χ1n) is 4.93. The Hall–Kier alpha value is -1.16. The van der Waals surface area contributed by atoms with Gasteiger partial charge in [0.15, 0.2) is 0 Å². The van der Waals surface area contributed by atoms with E-state index < -0.39 is 0 Å². The van der Waals surface area contributed by atoms with Crippen LogP contribution in [0.25, 0.3) is 0 Å². The third-order valence-electron chi connectivity index (χ3n) is 2.45. The van der Waals surface area contributed by atoms with E-state index in [1.807, 2.05) is 21.0 Å². The van der Waals surface area contributed by atoms with Crippen LogP contribution in [0, 0.1) is 6.92 Å². The number of anilines is 1. The molecule has 0 saturated heterocycles. The quantitative estimate of drug-likeness (QED) is 0.703. The normalized spacial score (nSPS) is 15.1. The fourth-order valence-corrected chi connectivity index (χ4v) is 1.83. The largest absolute Gasteiger partial charge is 0.362 e. The number of hydrogen-bond donors (Lipinski definition) is 1. The highest BCUT2D eigenvalue weighted by molar-refractivity contribution is 5.49. The molecule has 0 aliphatic carbocycles. The number of rotatable bonds is 1. The van der Waals surface area contributed by atoms with Crippen LogP contribution in [0.15, 0.2) is 0 Å². The number of aromatic nitrogens is 2. The molecule has 0 spiro atoms. The van der Waals surface area contributed by atoms with Crippen molar-refractivity contribution >= 4 is 5.82 Å². The summed E-state index contributed by atoms with van der Waals surface area (Å²) in [5.41, 5.74) is 2.46. The van der Waals surface area contributed by atoms with E-state index in [4.69, 9.17) is 0 Å². The second-order valence-electron chi connectivity index (χ2n) is 3.84. The maximum absolute atomic E-state index is 4.47. The molecular formula is C10H16N4. The summed E-state index contributed by atoms with van der Waals surface area (Å²) in [5, 5.41) is 3.33. The summed E-state index contributed by atoms with van der Waals surface area (Å²) in [7, 11) is 4.06. The van der Waals surface area contributed by atoms with Crippen LogP contribution in [0.4, 0.5) is 5.82 Å². The van der Waals surface area contributed by atoms with E-state index >= 15 is 0 Å². The third kappa shape index (κ3) is 1.57. The Morgan fingerprint density at radius 1 is 1.29 bits per heavy atom. The zero-order chi connectivity index (χ0) is 10.1. The van der Waals surface area contributed by atoms with Crippen LogP contribution in [0.2, 0.25) is 0 Å². The summed E-state index contributed by atoms with van der Waals surface area (Å²) in [6.07, 6.45) is 1.03. The molecule has 76 valence electrons. The van der Waals surface area contributed by atoms with Crippen molar-refractivity contribution in [1.82, 2.24) is 15.3 Å². The Morgan fingerprint density at radius 2 is 2.07 bits per heavy atom. The predicted molar refractivity (Wildman–Crippen MR) is 56.5 cm³/mol. The van der Waals surface area contributed by atoms with Crippen molar-refractivity contribution in [2.24, 2.45) is 0 Å². The fraction of sp³-hybridized carbons (Fsp3) is 0.600. The topological polar surface area (TPSA) is 41.1 Å². The molecule has 0 saturated carbocycles. The van der Waals surface area contributed by atoms with Crippen molar-refractivity contribution in [3.8, 4) is 0 Å². The second kappa shape index (κ2) is 3.53. The molecule has 4 nitrogen and oxygen atoms in total. The maximum atomic E-state index is 4.47. The summed E-state index contributed by atoms with van der Waals surface area (Å²) in [6, 6.07) is 0. The lowest BCUT2D eigenvalue weighted by Gasteiger charge is -2.22. The maximum Gasteiger partial charge on any atom is 0.135 e. The van der Waals surface area contributed by atoms with Crippen LogP contribution in [0.1, 0.15) is 17.1 Å². The third-order valence-corrected chi connectivity index (χ3v) is 2.45. The molecule has 1 aromatic rings. The van der Waals surface area contributed by atoms with E-state index in [-0.39, 0.29) is 0 Å². The van der Waals surface area contributed by atoms with Gasteiger partial charge in [-0.15, -0.1) is 0 Å². The smallest absolute Gasteiger partial charge is 0.135 e. The average Bonchev–Trinajstić information content (AvgIpc) is 2.16. The van der Waals surface area contributed by atoms with Crippen LogP contribution in [0.3, 0.4) is 0 Å². The Labute approximate surface area is 84.4 Å². The van der Waals surface area contributed by atoms with E-state index in [1.54, 1.807) is 0 Å². The van der Waals surface area contributed by atoms with E-state index in [9.17, 15) is 0 Å². The summed E-state index contributed by atoms with van der Waals surface area (Å²) in [6.45, 7) is 3.85. The minimum atomic E-state index is 0.858. The molecule has 0 bridgehead atoms. The number of fused-ring (bicyclic) bond motifs is 1. The molecule has 0 fully saturated rings. The molecular weight excluding hydrogens is 176 g/mol. The zero-order valence-corrected chi connectivity index (χ0v) is 8.96. The highest BCUT2D eigenvalue weighted by Crippen LogP contribution is 2.21. The summed E-state index contributed by atoms with van der Waals surface area (Å²) in [4.78, 5) is 11.0. The van der Waals surface area contributed by atoms with Crippen LogP contribution >= 0.6 is 0 Å². The first-order chi connectivity index (χ1) is 6.68. The fourth-order valence-electron chi connectivity index (χ4n) is 1.83. The summed E-state index contributed by atoms with van der Waals surface area (Å²) >= 11 is 0. The van der Waals surface area contributed by atoms with Crippen molar-refractivity contribution in [2.45, 2.75) is 19.9 Å². The highest BCUT2D eigenvalue weighted by Gasteiger charge is 2.17. The first kappa shape index (κ1) is 9.40. The minimum absolute atomic E-state index is 0.858. The summed E-state index contributed by atoms with van der Waals surface area (Å²) in [5.74, 6) is 1.94. The van der Waals surface area contributed by atoms with E-state index in [2.05, 4.69) is 20.2 Å². The number of hydrogen-bond acceptors (Lipinski definition) is 4. The first-order valence-corrected chi connectivity index (χ1v) is 4.93. The van der Waals surface area contributed by atoms with Gasteiger partial charge in [0.05, 0.1) is 5.69 Å². The van der Waals surface area contributed by atoms with Gasteiger partial charge < -0.3 is 10.2 Å². The number of nitrogens with one attached hydrogen (secondary N) is 1. The number of nitrogens with zero attached hydrogens (tertiary/aromatic N) is 3. The Bertz CT molecular complexity index is 346. The average molecular weight is 192 g/mol. The standard InChI is InChI=1S/C10H16N4/c1-7-12-9-6-11-5-4-8(9)10(13-7)14(2)3/h11H,4-6H2,1-3H3. The molecule has 4 heteroatoms. The van der Waals surface area contributed by atoms with Gasteiger partial charge in [0.1, 0.15) is 11.6 Å². The molecule has 1 aliphatic heterocycles. The highest BCUT2D eigenvalue weighted by atomic mass is 15.2. The molecule has 0 amide bonds. The van der Waals surface area contributed by atoms with Gasteiger partial charge in [-0.3, -0.25) is 0 Å². The van der Waals surface area contributed by atoms with Crippen molar-refractivity contribution < 1.29 is 0 Å². The van der Waals surface area contributed by atoms with Gasteiger partial charge in [-0.05, 0) is 19.9 Å². The lowest BCUT2D eigenvalue weighted by atomic mass is 10.1. The van der Waals surface area contributed by atoms with Gasteiger partial charge in [-0.2, -0.15) is 0 Å². The van der Waals surface area contributed by atoms with E-state index in [1.165, 1.54) is 5.56 Å². The van der Waals surface area contributed by atoms with Gasteiger partial charge in [0.2, 0.25) is 0 Å². The second-order valence-corrected chi connectivity index (χ2v) is 3.84. The molecule has 2 heterocycles. The molecule has 14 heavy (non-hydrogen) atoms. The van der Waals surface area contributed by atoms with Gasteiger partial charge in [-0.25, -0.2) is 9.97 Å².